The van der Waals surface area contributed by atoms with Crippen molar-refractivity contribution in [3.8, 4) is 0 Å². The highest BCUT2D eigenvalue weighted by molar-refractivity contribution is 8.32. The summed E-state index contributed by atoms with van der Waals surface area (Å²) in [7, 11) is -0.659. The third-order valence-electron chi connectivity index (χ3n) is 3.92. The van der Waals surface area contributed by atoms with Crippen LogP contribution in [0.25, 0.3) is 0 Å². The summed E-state index contributed by atoms with van der Waals surface area (Å²) in [5.74, 6) is 0.928. The van der Waals surface area contributed by atoms with Crippen molar-refractivity contribution >= 4 is 32.6 Å². The van der Waals surface area contributed by atoms with Crippen LogP contribution in [0.1, 0.15) is 16.6 Å². The molecule has 2 unspecified atom stereocenters. The van der Waals surface area contributed by atoms with Crippen LogP contribution in [-0.4, -0.2) is 66.4 Å². The van der Waals surface area contributed by atoms with E-state index >= 15 is 0 Å². The number of nitrogens with two attached hydrogens (primary N) is 1. The SMILES string of the molecule is CS(C)(C)CCOC(=O)N1C2COCC1c1sc(N)nc1C2. The predicted octanol–water partition coefficient (Wildman–Crippen LogP) is 1.85. The van der Waals surface area contributed by atoms with Gasteiger partial charge in [0.25, 0.3) is 0 Å². The summed E-state index contributed by atoms with van der Waals surface area (Å²) in [5, 5.41) is 0.558. The van der Waals surface area contributed by atoms with Crippen molar-refractivity contribution in [3.05, 3.63) is 10.6 Å². The van der Waals surface area contributed by atoms with Crippen LogP contribution in [-0.2, 0) is 15.9 Å². The standard InChI is InChI=1S/C14H23N3O3S2/c1-22(2,3)5-4-20-14(18)17-9-6-10-12(21-13(15)16-10)11(17)8-19-7-9/h9,11H,4-8H2,1-3H3,(H2,15,16). The smallest absolute Gasteiger partial charge is 0.410 e. The summed E-state index contributed by atoms with van der Waals surface area (Å²) in [6.45, 7) is 1.50. The minimum absolute atomic E-state index is 0.00207. The van der Waals surface area contributed by atoms with Gasteiger partial charge in [0.1, 0.15) is 6.61 Å². The van der Waals surface area contributed by atoms with Gasteiger partial charge in [-0.1, -0.05) is 11.3 Å². The first kappa shape index (κ1) is 15.9. The van der Waals surface area contributed by atoms with Crippen molar-refractivity contribution in [2.45, 2.75) is 18.5 Å². The Labute approximate surface area is 136 Å². The summed E-state index contributed by atoms with van der Waals surface area (Å²) in [4.78, 5) is 19.8. The van der Waals surface area contributed by atoms with E-state index in [-0.39, 0.29) is 18.2 Å². The van der Waals surface area contributed by atoms with E-state index in [1.807, 2.05) is 4.90 Å². The average Bonchev–Trinajstić information content (AvgIpc) is 2.77. The van der Waals surface area contributed by atoms with E-state index in [1.54, 1.807) is 0 Å². The zero-order valence-corrected chi connectivity index (χ0v) is 14.8. The molecule has 3 rings (SSSR count). The number of anilines is 1. The molecule has 2 aliphatic rings. The molecule has 0 aliphatic carbocycles. The predicted molar refractivity (Wildman–Crippen MR) is 91.0 cm³/mol. The van der Waals surface area contributed by atoms with Crippen LogP contribution >= 0.6 is 21.4 Å². The first-order valence-electron chi connectivity index (χ1n) is 7.29. The highest BCUT2D eigenvalue weighted by atomic mass is 32.3. The Morgan fingerprint density at radius 3 is 3.00 bits per heavy atom. The lowest BCUT2D eigenvalue weighted by atomic mass is 9.97. The second-order valence-electron chi connectivity index (χ2n) is 6.59. The van der Waals surface area contributed by atoms with E-state index in [4.69, 9.17) is 15.2 Å². The monoisotopic (exact) mass is 345 g/mol. The van der Waals surface area contributed by atoms with E-state index < -0.39 is 10.0 Å². The Morgan fingerprint density at radius 2 is 2.27 bits per heavy atom. The van der Waals surface area contributed by atoms with Crippen LogP contribution in [0.2, 0.25) is 0 Å². The van der Waals surface area contributed by atoms with Crippen LogP contribution in [0.5, 0.6) is 0 Å². The Kier molecular flexibility index (Phi) is 4.26. The number of ether oxygens (including phenoxy) is 2. The largest absolute Gasteiger partial charge is 0.449 e. The Hall–Kier alpha value is -0.990. The van der Waals surface area contributed by atoms with Gasteiger partial charge in [-0.05, 0) is 18.8 Å². The lowest BCUT2D eigenvalue weighted by Gasteiger charge is -2.44. The van der Waals surface area contributed by atoms with Crippen molar-refractivity contribution in [1.82, 2.24) is 9.88 Å². The summed E-state index contributed by atoms with van der Waals surface area (Å²) in [5.41, 5.74) is 6.84. The van der Waals surface area contributed by atoms with Gasteiger partial charge in [-0.25, -0.2) is 19.8 Å². The van der Waals surface area contributed by atoms with Crippen molar-refractivity contribution < 1.29 is 14.3 Å². The molecule has 2 N–H and O–H groups in total. The Bertz CT molecular complexity index is 570. The number of nitrogens with zero attached hydrogens (tertiary/aromatic N) is 2. The molecule has 0 radical (unpaired) electrons. The number of amides is 1. The lowest BCUT2D eigenvalue weighted by Crippen LogP contribution is -2.54. The third-order valence-corrected chi connectivity index (χ3v) is 6.34. The number of aromatic nitrogens is 1. The van der Waals surface area contributed by atoms with Crippen molar-refractivity contribution in [3.63, 3.8) is 0 Å². The quantitative estimate of drug-likeness (QED) is 0.905. The van der Waals surface area contributed by atoms with E-state index in [0.717, 1.165) is 16.3 Å². The van der Waals surface area contributed by atoms with Gasteiger partial charge in [-0.2, -0.15) is 0 Å². The van der Waals surface area contributed by atoms with E-state index in [2.05, 4.69) is 23.8 Å². The molecule has 0 saturated carbocycles. The number of thiazole rings is 1. The molecule has 1 amide bonds. The number of morpholine rings is 1. The highest BCUT2D eigenvalue weighted by Crippen LogP contribution is 2.41. The molecular formula is C14H23N3O3S2. The number of fused-ring (bicyclic) bond motifs is 4. The Balaban J connectivity index is 1.72. The maximum absolute atomic E-state index is 12.5. The number of rotatable bonds is 3. The van der Waals surface area contributed by atoms with Gasteiger partial charge < -0.3 is 15.2 Å². The third kappa shape index (κ3) is 3.18. The fourth-order valence-corrected chi connectivity index (χ4v) is 4.36. The summed E-state index contributed by atoms with van der Waals surface area (Å²) in [6, 6.07) is -0.103. The summed E-state index contributed by atoms with van der Waals surface area (Å²) < 4.78 is 11.2. The molecule has 0 aromatic carbocycles. The number of nitrogen functional groups attached to an aromatic ring is 1. The summed E-state index contributed by atoms with van der Waals surface area (Å²) in [6.07, 6.45) is 7.11. The molecule has 2 atom stereocenters. The second kappa shape index (κ2) is 5.90. The molecule has 3 heterocycles. The topological polar surface area (TPSA) is 77.7 Å². The van der Waals surface area contributed by atoms with Crippen molar-refractivity contribution in [1.29, 1.82) is 0 Å². The molecule has 124 valence electrons. The molecule has 1 aromatic rings. The maximum atomic E-state index is 12.5. The average molecular weight is 345 g/mol. The number of hydrogen-bond donors (Lipinski definition) is 1. The van der Waals surface area contributed by atoms with Crippen LogP contribution < -0.4 is 5.73 Å². The molecule has 0 spiro atoms. The van der Waals surface area contributed by atoms with Crippen molar-refractivity contribution in [2.75, 3.05) is 50.1 Å². The second-order valence-corrected chi connectivity index (χ2v) is 12.2. The number of carbonyl (C=O) groups excluding carboxylic acids is 1. The first-order chi connectivity index (χ1) is 10.3. The lowest BCUT2D eigenvalue weighted by molar-refractivity contribution is -0.0505. The fourth-order valence-electron chi connectivity index (χ4n) is 2.83. The fraction of sp³-hybridized carbons (Fsp3) is 0.714. The van der Waals surface area contributed by atoms with Gasteiger partial charge in [0.2, 0.25) is 0 Å². The van der Waals surface area contributed by atoms with Crippen LogP contribution in [0.15, 0.2) is 0 Å². The molecular weight excluding hydrogens is 322 g/mol. The zero-order chi connectivity index (χ0) is 15.9. The molecule has 2 bridgehead atoms. The number of hydrogen-bond acceptors (Lipinski definition) is 6. The Morgan fingerprint density at radius 1 is 1.50 bits per heavy atom. The first-order valence-corrected chi connectivity index (χ1v) is 11.1. The van der Waals surface area contributed by atoms with Gasteiger partial charge in [-0.3, -0.25) is 4.90 Å². The van der Waals surface area contributed by atoms with Gasteiger partial charge in [-0.15, -0.1) is 0 Å². The molecule has 1 saturated heterocycles. The van der Waals surface area contributed by atoms with Gasteiger partial charge in [0.05, 0.1) is 35.9 Å². The maximum Gasteiger partial charge on any atom is 0.410 e. The molecule has 1 aromatic heterocycles. The molecule has 2 aliphatic heterocycles. The molecule has 1 fully saturated rings. The molecule has 8 heteroatoms. The van der Waals surface area contributed by atoms with Gasteiger partial charge >= 0.3 is 6.09 Å². The van der Waals surface area contributed by atoms with Gasteiger partial charge in [0, 0.05) is 12.2 Å². The van der Waals surface area contributed by atoms with Crippen LogP contribution in [0.3, 0.4) is 0 Å². The molecule has 22 heavy (non-hydrogen) atoms. The molecule has 6 nitrogen and oxygen atoms in total. The number of carbonyl (C=O) groups is 1. The minimum atomic E-state index is -0.659. The van der Waals surface area contributed by atoms with Crippen molar-refractivity contribution in [2.24, 2.45) is 0 Å². The zero-order valence-electron chi connectivity index (χ0n) is 13.2. The van der Waals surface area contributed by atoms with Crippen LogP contribution in [0.4, 0.5) is 9.93 Å². The van der Waals surface area contributed by atoms with E-state index in [0.29, 0.717) is 31.4 Å². The highest BCUT2D eigenvalue weighted by Gasteiger charge is 2.43. The minimum Gasteiger partial charge on any atom is -0.449 e. The van der Waals surface area contributed by atoms with E-state index in [1.165, 1.54) is 11.3 Å². The van der Waals surface area contributed by atoms with Crippen LogP contribution in [0, 0.1) is 0 Å². The van der Waals surface area contributed by atoms with E-state index in [9.17, 15) is 4.79 Å². The summed E-state index contributed by atoms with van der Waals surface area (Å²) >= 11 is 1.45. The van der Waals surface area contributed by atoms with Gasteiger partial charge in [0.15, 0.2) is 5.13 Å². The normalized spacial score (nSPS) is 24.8.